The number of nitrogens with zero attached hydrogens (tertiary/aromatic N) is 3. The SMILES string of the molecule is Cc1nnc(NC(=O)N2CCOC(C(=O)O)C2)s1. The summed E-state index contributed by atoms with van der Waals surface area (Å²) in [6.45, 7) is 2.37. The van der Waals surface area contributed by atoms with Crippen molar-refractivity contribution in [3.63, 3.8) is 0 Å². The van der Waals surface area contributed by atoms with E-state index in [9.17, 15) is 9.59 Å². The Hall–Kier alpha value is -1.74. The number of carbonyl (C=O) groups is 2. The molecule has 2 heterocycles. The van der Waals surface area contributed by atoms with Gasteiger partial charge in [-0.05, 0) is 6.92 Å². The van der Waals surface area contributed by atoms with Gasteiger partial charge >= 0.3 is 12.0 Å². The minimum atomic E-state index is -1.07. The van der Waals surface area contributed by atoms with Crippen molar-refractivity contribution < 1.29 is 19.4 Å². The molecule has 2 N–H and O–H groups in total. The van der Waals surface area contributed by atoms with Crippen LogP contribution in [0.1, 0.15) is 5.01 Å². The molecular weight excluding hydrogens is 260 g/mol. The lowest BCUT2D eigenvalue weighted by Gasteiger charge is -2.30. The molecule has 1 atom stereocenters. The van der Waals surface area contributed by atoms with E-state index >= 15 is 0 Å². The van der Waals surface area contributed by atoms with E-state index in [2.05, 4.69) is 15.5 Å². The molecule has 9 heteroatoms. The molecule has 0 bridgehead atoms. The summed E-state index contributed by atoms with van der Waals surface area (Å²) in [6.07, 6.45) is -0.972. The number of aryl methyl sites for hydroxylation is 1. The fourth-order valence-corrected chi connectivity index (χ4v) is 2.08. The molecule has 0 saturated carbocycles. The molecule has 8 nitrogen and oxygen atoms in total. The van der Waals surface area contributed by atoms with Crippen molar-refractivity contribution in [3.8, 4) is 0 Å². The maximum absolute atomic E-state index is 11.9. The summed E-state index contributed by atoms with van der Waals surface area (Å²) < 4.78 is 5.03. The number of carboxylic acids is 1. The fraction of sp³-hybridized carbons (Fsp3) is 0.556. The van der Waals surface area contributed by atoms with Gasteiger partial charge in [-0.3, -0.25) is 5.32 Å². The van der Waals surface area contributed by atoms with Crippen molar-refractivity contribution in [2.24, 2.45) is 0 Å². The third kappa shape index (κ3) is 2.93. The summed E-state index contributed by atoms with van der Waals surface area (Å²) in [6, 6.07) is -0.388. The van der Waals surface area contributed by atoms with Crippen LogP contribution in [0.25, 0.3) is 0 Å². The maximum atomic E-state index is 11.9. The van der Waals surface area contributed by atoms with Crippen molar-refractivity contribution in [2.75, 3.05) is 25.0 Å². The van der Waals surface area contributed by atoms with E-state index in [1.54, 1.807) is 6.92 Å². The first kappa shape index (κ1) is 12.7. The Morgan fingerprint density at radius 1 is 1.56 bits per heavy atom. The number of hydrogen-bond donors (Lipinski definition) is 2. The summed E-state index contributed by atoms with van der Waals surface area (Å²) in [4.78, 5) is 24.0. The molecule has 2 amide bonds. The van der Waals surface area contributed by atoms with E-state index in [4.69, 9.17) is 9.84 Å². The molecule has 2 rings (SSSR count). The van der Waals surface area contributed by atoms with Gasteiger partial charge in [0.2, 0.25) is 5.13 Å². The highest BCUT2D eigenvalue weighted by Gasteiger charge is 2.29. The van der Waals surface area contributed by atoms with Crippen LogP contribution in [0, 0.1) is 6.92 Å². The highest BCUT2D eigenvalue weighted by atomic mass is 32.1. The molecule has 0 aromatic carbocycles. The largest absolute Gasteiger partial charge is 0.479 e. The summed E-state index contributed by atoms with van der Waals surface area (Å²) in [7, 11) is 0. The lowest BCUT2D eigenvalue weighted by atomic mass is 10.3. The van der Waals surface area contributed by atoms with E-state index in [0.29, 0.717) is 11.7 Å². The Morgan fingerprint density at radius 3 is 2.94 bits per heavy atom. The Morgan fingerprint density at radius 2 is 2.33 bits per heavy atom. The highest BCUT2D eigenvalue weighted by molar-refractivity contribution is 7.15. The Kier molecular flexibility index (Phi) is 3.72. The smallest absolute Gasteiger partial charge is 0.334 e. The van der Waals surface area contributed by atoms with Gasteiger partial charge in [-0.25, -0.2) is 9.59 Å². The van der Waals surface area contributed by atoms with Crippen LogP contribution in [0.5, 0.6) is 0 Å². The Bertz CT molecular complexity index is 463. The number of nitrogens with one attached hydrogen (secondary N) is 1. The second kappa shape index (κ2) is 5.27. The van der Waals surface area contributed by atoms with E-state index in [1.807, 2.05) is 0 Å². The molecule has 18 heavy (non-hydrogen) atoms. The molecule has 1 aromatic rings. The molecule has 1 saturated heterocycles. The lowest BCUT2D eigenvalue weighted by molar-refractivity contribution is -0.154. The van der Waals surface area contributed by atoms with Crippen molar-refractivity contribution in [1.29, 1.82) is 0 Å². The molecule has 1 unspecified atom stereocenters. The second-order valence-electron chi connectivity index (χ2n) is 3.70. The first-order chi connectivity index (χ1) is 8.56. The van der Waals surface area contributed by atoms with Crippen molar-refractivity contribution >= 4 is 28.5 Å². The normalized spacial score (nSPS) is 19.6. The van der Waals surface area contributed by atoms with Crippen LogP contribution in [-0.2, 0) is 9.53 Å². The number of aromatic nitrogens is 2. The maximum Gasteiger partial charge on any atom is 0.334 e. The summed E-state index contributed by atoms with van der Waals surface area (Å²) >= 11 is 1.26. The first-order valence-electron chi connectivity index (χ1n) is 5.26. The monoisotopic (exact) mass is 272 g/mol. The predicted molar refractivity (Wildman–Crippen MR) is 62.6 cm³/mol. The van der Waals surface area contributed by atoms with Crippen LogP contribution in [0.4, 0.5) is 9.93 Å². The molecule has 0 radical (unpaired) electrons. The number of rotatable bonds is 2. The van der Waals surface area contributed by atoms with Gasteiger partial charge in [0.05, 0.1) is 13.2 Å². The fourth-order valence-electron chi connectivity index (χ4n) is 1.50. The van der Waals surface area contributed by atoms with Gasteiger partial charge in [-0.1, -0.05) is 11.3 Å². The number of anilines is 1. The Labute approximate surface area is 107 Å². The molecule has 0 spiro atoms. The zero-order chi connectivity index (χ0) is 13.1. The number of urea groups is 1. The topological polar surface area (TPSA) is 105 Å². The quantitative estimate of drug-likeness (QED) is 0.794. The van der Waals surface area contributed by atoms with Crippen LogP contribution >= 0.6 is 11.3 Å². The average Bonchev–Trinajstić information content (AvgIpc) is 2.75. The van der Waals surface area contributed by atoms with Crippen molar-refractivity contribution in [1.82, 2.24) is 15.1 Å². The van der Waals surface area contributed by atoms with E-state index in [-0.39, 0.29) is 19.2 Å². The van der Waals surface area contributed by atoms with Gasteiger partial charge in [-0.2, -0.15) is 0 Å². The van der Waals surface area contributed by atoms with Crippen LogP contribution in [-0.4, -0.2) is 58.0 Å². The standard InChI is InChI=1S/C9H12N4O4S/c1-5-11-12-8(18-5)10-9(16)13-2-3-17-6(4-13)7(14)15/h6H,2-4H2,1H3,(H,14,15)(H,10,12,16). The number of ether oxygens (including phenoxy) is 1. The molecule has 1 aliphatic rings. The van der Waals surface area contributed by atoms with Gasteiger partial charge in [0.1, 0.15) is 5.01 Å². The highest BCUT2D eigenvalue weighted by Crippen LogP contribution is 2.15. The predicted octanol–water partition coefficient (Wildman–Crippen LogP) is 0.164. The van der Waals surface area contributed by atoms with Crippen LogP contribution in [0.15, 0.2) is 0 Å². The second-order valence-corrected chi connectivity index (χ2v) is 4.88. The van der Waals surface area contributed by atoms with Crippen molar-refractivity contribution in [2.45, 2.75) is 13.0 Å². The van der Waals surface area contributed by atoms with Crippen LogP contribution in [0.2, 0.25) is 0 Å². The number of carbonyl (C=O) groups excluding carboxylic acids is 1. The number of morpholine rings is 1. The number of aliphatic carboxylic acids is 1. The summed E-state index contributed by atoms with van der Waals surface area (Å²) in [5.41, 5.74) is 0. The molecular formula is C9H12N4O4S. The number of hydrogen-bond acceptors (Lipinski definition) is 6. The van der Waals surface area contributed by atoms with Gasteiger partial charge in [-0.15, -0.1) is 10.2 Å². The molecule has 98 valence electrons. The van der Waals surface area contributed by atoms with Crippen molar-refractivity contribution in [3.05, 3.63) is 5.01 Å². The number of amides is 2. The Balaban J connectivity index is 1.94. The molecule has 1 aromatic heterocycles. The van der Waals surface area contributed by atoms with Gasteiger partial charge in [0.15, 0.2) is 6.10 Å². The minimum Gasteiger partial charge on any atom is -0.479 e. The third-order valence-corrected chi connectivity index (χ3v) is 3.12. The zero-order valence-electron chi connectivity index (χ0n) is 9.62. The minimum absolute atomic E-state index is 0.0267. The average molecular weight is 272 g/mol. The molecule has 0 aliphatic carbocycles. The van der Waals surface area contributed by atoms with Gasteiger partial charge < -0.3 is 14.7 Å². The molecule has 1 fully saturated rings. The van der Waals surface area contributed by atoms with Gasteiger partial charge in [0.25, 0.3) is 0 Å². The molecule has 1 aliphatic heterocycles. The van der Waals surface area contributed by atoms with Crippen LogP contribution < -0.4 is 5.32 Å². The third-order valence-electron chi connectivity index (χ3n) is 2.37. The van der Waals surface area contributed by atoms with E-state index < -0.39 is 12.1 Å². The zero-order valence-corrected chi connectivity index (χ0v) is 10.4. The van der Waals surface area contributed by atoms with E-state index in [1.165, 1.54) is 16.2 Å². The summed E-state index contributed by atoms with van der Waals surface area (Å²) in [5.74, 6) is -1.07. The van der Waals surface area contributed by atoms with E-state index in [0.717, 1.165) is 5.01 Å². The lowest BCUT2D eigenvalue weighted by Crippen LogP contribution is -2.49. The summed E-state index contributed by atoms with van der Waals surface area (Å²) in [5, 5.41) is 20.1. The number of carboxylic acid groups (broad SMARTS) is 1. The van der Waals surface area contributed by atoms with Crippen LogP contribution in [0.3, 0.4) is 0 Å². The first-order valence-corrected chi connectivity index (χ1v) is 6.08. The van der Waals surface area contributed by atoms with Gasteiger partial charge in [0, 0.05) is 6.54 Å².